The van der Waals surface area contributed by atoms with Crippen molar-refractivity contribution < 1.29 is 17.9 Å². The molecule has 7 nitrogen and oxygen atoms in total. The Kier molecular flexibility index (Phi) is 10.2. The molecule has 0 aliphatic carbocycles. The Bertz CT molecular complexity index is 1310. The van der Waals surface area contributed by atoms with Crippen molar-refractivity contribution >= 4 is 54.4 Å². The third-order valence-electron chi connectivity index (χ3n) is 6.74. The first-order chi connectivity index (χ1) is 18.4. The van der Waals surface area contributed by atoms with E-state index in [1.54, 1.807) is 45.2 Å². The molecule has 0 radical (unpaired) electrons. The second kappa shape index (κ2) is 13.4. The Morgan fingerprint density at radius 2 is 1.82 bits per heavy atom. The van der Waals surface area contributed by atoms with Gasteiger partial charge in [-0.15, -0.1) is 11.8 Å². The summed E-state index contributed by atoms with van der Waals surface area (Å²) in [5, 5.41) is 0.629. The van der Waals surface area contributed by atoms with Gasteiger partial charge in [-0.05, 0) is 68.3 Å². The number of nitrogens with zero attached hydrogens (tertiary/aromatic N) is 3. The van der Waals surface area contributed by atoms with Gasteiger partial charge in [-0.3, -0.25) is 9.69 Å². The van der Waals surface area contributed by atoms with Crippen LogP contribution in [0.3, 0.4) is 0 Å². The number of ether oxygens (including phenoxy) is 1. The molecule has 206 valence electrons. The van der Waals surface area contributed by atoms with Gasteiger partial charge in [0.25, 0.3) is 5.91 Å². The number of unbranched alkanes of at least 4 members (excludes halogenated alkanes) is 2. The number of sulfonamides is 1. The summed E-state index contributed by atoms with van der Waals surface area (Å²) in [5.41, 5.74) is 1.32. The van der Waals surface area contributed by atoms with Crippen LogP contribution >= 0.6 is 23.1 Å². The highest BCUT2D eigenvalue weighted by Gasteiger charge is 2.29. The van der Waals surface area contributed by atoms with E-state index in [4.69, 9.17) is 9.72 Å². The van der Waals surface area contributed by atoms with Crippen molar-refractivity contribution in [2.45, 2.75) is 68.3 Å². The second-order valence-electron chi connectivity index (χ2n) is 9.49. The monoisotopic (exact) mass is 575 g/mol. The summed E-state index contributed by atoms with van der Waals surface area (Å²) in [7, 11) is -3.63. The molecule has 2 aromatic carbocycles. The highest BCUT2D eigenvalue weighted by Crippen LogP contribution is 2.35. The summed E-state index contributed by atoms with van der Waals surface area (Å²) < 4.78 is 35.2. The van der Waals surface area contributed by atoms with Crippen molar-refractivity contribution in [2.75, 3.05) is 37.4 Å². The van der Waals surface area contributed by atoms with E-state index in [9.17, 15) is 13.2 Å². The number of carbonyl (C=O) groups is 1. The van der Waals surface area contributed by atoms with Gasteiger partial charge in [0.2, 0.25) is 10.0 Å². The van der Waals surface area contributed by atoms with E-state index in [1.165, 1.54) is 11.3 Å². The topological polar surface area (TPSA) is 79.8 Å². The summed E-state index contributed by atoms with van der Waals surface area (Å²) in [6.07, 6.45) is 7.33. The lowest BCUT2D eigenvalue weighted by Crippen LogP contribution is -2.37. The summed E-state index contributed by atoms with van der Waals surface area (Å²) in [5.74, 6) is -0.206. The van der Waals surface area contributed by atoms with Crippen LogP contribution in [0.25, 0.3) is 10.2 Å². The first-order valence-corrected chi connectivity index (χ1v) is 16.8. The maximum absolute atomic E-state index is 13.8. The zero-order chi connectivity index (χ0) is 27.1. The van der Waals surface area contributed by atoms with E-state index in [2.05, 4.69) is 13.8 Å². The molecule has 1 saturated heterocycles. The number of rotatable bonds is 13. The molecule has 4 rings (SSSR count). The molecule has 1 fully saturated rings. The number of thioether (sulfide) groups is 1. The lowest BCUT2D eigenvalue weighted by atomic mass is 10.2. The molecule has 1 amide bonds. The number of benzene rings is 2. The highest BCUT2D eigenvalue weighted by atomic mass is 32.2. The number of amides is 1. The van der Waals surface area contributed by atoms with Crippen LogP contribution in [0.15, 0.2) is 52.3 Å². The third-order valence-corrected chi connectivity index (χ3v) is 10.5. The molecule has 1 aliphatic heterocycles. The first-order valence-electron chi connectivity index (χ1n) is 13.4. The van der Waals surface area contributed by atoms with Gasteiger partial charge in [0.15, 0.2) is 5.13 Å². The Morgan fingerprint density at radius 1 is 1.11 bits per heavy atom. The van der Waals surface area contributed by atoms with Gasteiger partial charge < -0.3 is 4.74 Å². The Balaban J connectivity index is 1.62. The Labute approximate surface area is 234 Å². The van der Waals surface area contributed by atoms with Crippen LogP contribution in [0.2, 0.25) is 0 Å². The van der Waals surface area contributed by atoms with E-state index >= 15 is 0 Å². The molecule has 10 heteroatoms. The highest BCUT2D eigenvalue weighted by molar-refractivity contribution is 7.98. The first kappa shape index (κ1) is 29.0. The number of anilines is 1. The second-order valence-corrected chi connectivity index (χ2v) is 13.3. The minimum atomic E-state index is -3.63. The van der Waals surface area contributed by atoms with Crippen molar-refractivity contribution in [3.63, 3.8) is 0 Å². The number of para-hydroxylation sites is 1. The standard InChI is InChI=1S/C28H37N3O4S3/c1-4-6-17-30(18-7-5-2)38(33,34)23-15-13-21(14-16-23)27(32)31(20-22-10-9-19-35-22)28-29-26-24(36-3)11-8-12-25(26)37-28/h8,11-16,22H,4-7,9-10,17-20H2,1-3H3. The predicted octanol–water partition coefficient (Wildman–Crippen LogP) is 6.43. The number of thiazole rings is 1. The lowest BCUT2D eigenvalue weighted by molar-refractivity contribution is 0.0917. The van der Waals surface area contributed by atoms with E-state index in [0.29, 0.717) is 36.9 Å². The molecule has 3 aromatic rings. The molecular weight excluding hydrogens is 539 g/mol. The molecule has 1 atom stereocenters. The maximum Gasteiger partial charge on any atom is 0.260 e. The minimum absolute atomic E-state index is 0.0451. The summed E-state index contributed by atoms with van der Waals surface area (Å²) >= 11 is 3.12. The van der Waals surface area contributed by atoms with Gasteiger partial charge in [0.1, 0.15) is 0 Å². The fourth-order valence-corrected chi connectivity index (χ4v) is 7.67. The zero-order valence-electron chi connectivity index (χ0n) is 22.4. The molecule has 0 bridgehead atoms. The summed E-state index contributed by atoms with van der Waals surface area (Å²) in [6, 6.07) is 12.4. The molecule has 0 saturated carbocycles. The van der Waals surface area contributed by atoms with Gasteiger partial charge >= 0.3 is 0 Å². The number of carbonyl (C=O) groups excluding carboxylic acids is 1. The predicted molar refractivity (Wildman–Crippen MR) is 157 cm³/mol. The van der Waals surface area contributed by atoms with Crippen molar-refractivity contribution in [1.82, 2.24) is 9.29 Å². The van der Waals surface area contributed by atoms with Crippen LogP contribution in [0.4, 0.5) is 5.13 Å². The fraction of sp³-hybridized carbons (Fsp3) is 0.500. The number of fused-ring (bicyclic) bond motifs is 1. The smallest absolute Gasteiger partial charge is 0.260 e. The largest absolute Gasteiger partial charge is 0.376 e. The average Bonchev–Trinajstić information content (AvgIpc) is 3.61. The maximum atomic E-state index is 13.8. The van der Waals surface area contributed by atoms with Gasteiger partial charge in [-0.1, -0.05) is 44.1 Å². The fourth-order valence-electron chi connectivity index (χ4n) is 4.53. The van der Waals surface area contributed by atoms with Gasteiger partial charge in [0.05, 0.1) is 27.8 Å². The molecule has 0 spiro atoms. The van der Waals surface area contributed by atoms with Gasteiger partial charge in [-0.25, -0.2) is 13.4 Å². The van der Waals surface area contributed by atoms with E-state index < -0.39 is 10.0 Å². The van der Waals surface area contributed by atoms with Gasteiger partial charge in [0, 0.05) is 30.2 Å². The van der Waals surface area contributed by atoms with Crippen LogP contribution in [-0.2, 0) is 14.8 Å². The number of aromatic nitrogens is 1. The zero-order valence-corrected chi connectivity index (χ0v) is 24.8. The van der Waals surface area contributed by atoms with E-state index in [-0.39, 0.29) is 16.9 Å². The van der Waals surface area contributed by atoms with E-state index in [0.717, 1.165) is 53.6 Å². The molecule has 38 heavy (non-hydrogen) atoms. The van der Waals surface area contributed by atoms with Crippen molar-refractivity contribution in [3.8, 4) is 0 Å². The lowest BCUT2D eigenvalue weighted by Gasteiger charge is -2.24. The molecule has 2 heterocycles. The van der Waals surface area contributed by atoms with Crippen molar-refractivity contribution in [3.05, 3.63) is 48.0 Å². The SMILES string of the molecule is CCCCN(CCCC)S(=O)(=O)c1ccc(C(=O)N(CC2CCCO2)c2nc3c(SC)cccc3s2)cc1. The quantitative estimate of drug-likeness (QED) is 0.218. The van der Waals surface area contributed by atoms with Crippen LogP contribution < -0.4 is 4.90 Å². The molecule has 1 unspecified atom stereocenters. The van der Waals surface area contributed by atoms with Crippen molar-refractivity contribution in [2.24, 2.45) is 0 Å². The molecule has 1 aromatic heterocycles. The van der Waals surface area contributed by atoms with Crippen molar-refractivity contribution in [1.29, 1.82) is 0 Å². The summed E-state index contributed by atoms with van der Waals surface area (Å²) in [4.78, 5) is 21.7. The molecule has 0 N–H and O–H groups in total. The Hall–Kier alpha value is -1.98. The third kappa shape index (κ3) is 6.59. The van der Waals surface area contributed by atoms with Crippen LogP contribution in [0.5, 0.6) is 0 Å². The Morgan fingerprint density at radius 3 is 2.42 bits per heavy atom. The summed E-state index contributed by atoms with van der Waals surface area (Å²) in [6.45, 7) is 6.23. The normalized spacial score (nSPS) is 15.9. The van der Waals surface area contributed by atoms with E-state index in [1.807, 2.05) is 24.5 Å². The van der Waals surface area contributed by atoms with Gasteiger partial charge in [-0.2, -0.15) is 4.31 Å². The van der Waals surface area contributed by atoms with Crippen LogP contribution in [-0.4, -0.2) is 62.2 Å². The van der Waals surface area contributed by atoms with Crippen LogP contribution in [0, 0.1) is 0 Å². The molecular formula is C28H37N3O4S3. The average molecular weight is 576 g/mol. The molecule has 1 aliphatic rings. The van der Waals surface area contributed by atoms with Crippen LogP contribution in [0.1, 0.15) is 62.7 Å². The number of hydrogen-bond acceptors (Lipinski definition) is 7. The number of hydrogen-bond donors (Lipinski definition) is 0. The minimum Gasteiger partial charge on any atom is -0.376 e.